The van der Waals surface area contributed by atoms with Crippen molar-refractivity contribution in [1.29, 1.82) is 0 Å². The quantitative estimate of drug-likeness (QED) is 0.561. The average Bonchev–Trinajstić information content (AvgIpc) is 2.72. The zero-order valence-corrected chi connectivity index (χ0v) is 17.0. The van der Waals surface area contributed by atoms with E-state index in [0.29, 0.717) is 11.3 Å². The van der Waals surface area contributed by atoms with Crippen LogP contribution in [0, 0.1) is 0 Å². The summed E-state index contributed by atoms with van der Waals surface area (Å²) in [4.78, 5) is 9.58. The van der Waals surface area contributed by atoms with Crippen molar-refractivity contribution in [3.8, 4) is 0 Å². The highest BCUT2D eigenvalue weighted by atomic mass is 35.5. The van der Waals surface area contributed by atoms with Crippen LogP contribution in [0.2, 0.25) is 5.28 Å². The van der Waals surface area contributed by atoms with Crippen LogP contribution in [-0.4, -0.2) is 48.9 Å². The van der Waals surface area contributed by atoms with Crippen LogP contribution in [0.25, 0.3) is 10.9 Å². The van der Waals surface area contributed by atoms with Gasteiger partial charge in [0.25, 0.3) is 0 Å². The fourth-order valence-electron chi connectivity index (χ4n) is 3.48. The largest absolute Gasteiger partial charge is 0.417 e. The molecule has 0 bridgehead atoms. The van der Waals surface area contributed by atoms with Gasteiger partial charge in [-0.25, -0.2) is 13.4 Å². The fourth-order valence-corrected chi connectivity index (χ4v) is 5.28. The number of anilines is 1. The molecule has 0 spiro atoms. The molecule has 6 nitrogen and oxygen atoms in total. The minimum atomic E-state index is -4.76. The van der Waals surface area contributed by atoms with E-state index in [0.717, 1.165) is 21.8 Å². The molecular weight excluding hydrogens is 441 g/mol. The van der Waals surface area contributed by atoms with E-state index in [-0.39, 0.29) is 31.5 Å². The topological polar surface area (TPSA) is 66.4 Å². The molecule has 0 aliphatic carbocycles. The maximum absolute atomic E-state index is 13.3. The smallest absolute Gasteiger partial charge is 0.353 e. The Balaban J connectivity index is 1.61. The number of hydrogen-bond acceptors (Lipinski definition) is 5. The Morgan fingerprint density at radius 1 is 0.900 bits per heavy atom. The van der Waals surface area contributed by atoms with E-state index < -0.39 is 26.7 Å². The summed E-state index contributed by atoms with van der Waals surface area (Å²) >= 11 is 6.02. The molecule has 0 amide bonds. The third kappa shape index (κ3) is 3.82. The number of fused-ring (bicyclic) bond motifs is 1. The Bertz CT molecular complexity index is 1200. The second kappa shape index (κ2) is 7.68. The lowest BCUT2D eigenvalue weighted by atomic mass is 10.2. The number of halogens is 4. The fraction of sp³-hybridized carbons (Fsp3) is 0.263. The molecule has 2 heterocycles. The minimum absolute atomic E-state index is 0.0183. The van der Waals surface area contributed by atoms with Crippen molar-refractivity contribution in [3.05, 3.63) is 59.4 Å². The van der Waals surface area contributed by atoms with Crippen molar-refractivity contribution < 1.29 is 21.6 Å². The summed E-state index contributed by atoms with van der Waals surface area (Å²) in [6, 6.07) is 11.5. The Hall–Kier alpha value is -2.43. The zero-order chi connectivity index (χ0) is 21.5. The molecule has 1 aliphatic heterocycles. The van der Waals surface area contributed by atoms with E-state index in [1.807, 2.05) is 23.1 Å². The first-order valence-electron chi connectivity index (χ1n) is 9.01. The zero-order valence-electron chi connectivity index (χ0n) is 15.5. The summed E-state index contributed by atoms with van der Waals surface area (Å²) in [5, 5.41) is 0.832. The molecule has 158 valence electrons. The van der Waals surface area contributed by atoms with Gasteiger partial charge >= 0.3 is 6.18 Å². The van der Waals surface area contributed by atoms with Crippen LogP contribution >= 0.6 is 11.6 Å². The molecule has 0 saturated carbocycles. The first-order valence-corrected chi connectivity index (χ1v) is 10.8. The Labute approximate surface area is 176 Å². The van der Waals surface area contributed by atoms with Gasteiger partial charge in [0.05, 0.1) is 16.0 Å². The molecule has 11 heteroatoms. The Morgan fingerprint density at radius 2 is 1.53 bits per heavy atom. The molecule has 1 fully saturated rings. The van der Waals surface area contributed by atoms with Crippen LogP contribution in [0.4, 0.5) is 19.0 Å². The minimum Gasteiger partial charge on any atom is -0.353 e. The number of para-hydroxylation sites is 1. The van der Waals surface area contributed by atoms with Crippen molar-refractivity contribution in [3.63, 3.8) is 0 Å². The molecule has 4 rings (SSSR count). The lowest BCUT2D eigenvalue weighted by Crippen LogP contribution is -2.49. The van der Waals surface area contributed by atoms with Gasteiger partial charge in [0, 0.05) is 31.6 Å². The number of sulfonamides is 1. The van der Waals surface area contributed by atoms with Crippen molar-refractivity contribution in [2.24, 2.45) is 0 Å². The van der Waals surface area contributed by atoms with E-state index in [4.69, 9.17) is 11.6 Å². The van der Waals surface area contributed by atoms with Crippen LogP contribution in [0.5, 0.6) is 0 Å². The summed E-state index contributed by atoms with van der Waals surface area (Å²) in [6.45, 7) is 0.546. The van der Waals surface area contributed by atoms with E-state index in [2.05, 4.69) is 9.97 Å². The van der Waals surface area contributed by atoms with Gasteiger partial charge in [0.15, 0.2) is 0 Å². The van der Waals surface area contributed by atoms with E-state index in [9.17, 15) is 21.6 Å². The summed E-state index contributed by atoms with van der Waals surface area (Å²) in [5.41, 5.74) is -0.511. The van der Waals surface area contributed by atoms with Crippen LogP contribution in [-0.2, 0) is 16.2 Å². The SMILES string of the molecule is O=S(=O)(c1ccccc1C(F)(F)F)N1CCN(c2nc(Cl)nc3ccccc23)CC1. The number of piperazine rings is 1. The predicted octanol–water partition coefficient (Wildman–Crippen LogP) is 3.81. The molecule has 0 radical (unpaired) electrons. The number of rotatable bonds is 3. The molecule has 1 saturated heterocycles. The van der Waals surface area contributed by atoms with Crippen molar-refractivity contribution in [2.75, 3.05) is 31.1 Å². The van der Waals surface area contributed by atoms with Gasteiger partial charge in [-0.3, -0.25) is 0 Å². The highest BCUT2D eigenvalue weighted by Gasteiger charge is 2.39. The molecular formula is C19H16ClF3N4O2S. The van der Waals surface area contributed by atoms with Crippen LogP contribution in [0.1, 0.15) is 5.56 Å². The Morgan fingerprint density at radius 3 is 2.23 bits per heavy atom. The second-order valence-corrected chi connectivity index (χ2v) is 8.96. The number of hydrogen-bond donors (Lipinski definition) is 0. The normalized spacial score (nSPS) is 16.2. The summed E-state index contributed by atoms with van der Waals surface area (Å²) in [5.74, 6) is 0.568. The highest BCUT2D eigenvalue weighted by Crippen LogP contribution is 2.35. The second-order valence-electron chi connectivity index (χ2n) is 6.72. The van der Waals surface area contributed by atoms with Crippen LogP contribution < -0.4 is 4.90 Å². The monoisotopic (exact) mass is 456 g/mol. The van der Waals surface area contributed by atoms with Crippen molar-refractivity contribution >= 4 is 38.3 Å². The molecule has 0 atom stereocenters. The summed E-state index contributed by atoms with van der Waals surface area (Å²) < 4.78 is 66.8. The lowest BCUT2D eigenvalue weighted by molar-refractivity contribution is -0.139. The lowest BCUT2D eigenvalue weighted by Gasteiger charge is -2.35. The van der Waals surface area contributed by atoms with Gasteiger partial charge in [-0.2, -0.15) is 22.5 Å². The van der Waals surface area contributed by atoms with Gasteiger partial charge < -0.3 is 4.90 Å². The number of aromatic nitrogens is 2. The van der Waals surface area contributed by atoms with Crippen molar-refractivity contribution in [2.45, 2.75) is 11.1 Å². The Kier molecular flexibility index (Phi) is 5.33. The van der Waals surface area contributed by atoms with Gasteiger partial charge in [0.1, 0.15) is 5.82 Å². The third-order valence-corrected chi connectivity index (χ3v) is 7.03. The summed E-state index contributed by atoms with van der Waals surface area (Å²) in [7, 11) is -4.30. The maximum atomic E-state index is 13.3. The number of benzene rings is 2. The summed E-state index contributed by atoms with van der Waals surface area (Å²) in [6.07, 6.45) is -4.76. The van der Waals surface area contributed by atoms with Crippen molar-refractivity contribution in [1.82, 2.24) is 14.3 Å². The molecule has 0 unspecified atom stereocenters. The third-order valence-electron chi connectivity index (χ3n) is 4.90. The van der Waals surface area contributed by atoms with E-state index in [1.54, 1.807) is 6.07 Å². The van der Waals surface area contributed by atoms with Gasteiger partial charge in [0.2, 0.25) is 15.3 Å². The molecule has 3 aromatic rings. The molecule has 30 heavy (non-hydrogen) atoms. The van der Waals surface area contributed by atoms with Crippen LogP contribution in [0.15, 0.2) is 53.4 Å². The molecule has 1 aromatic heterocycles. The molecule has 2 aromatic carbocycles. The maximum Gasteiger partial charge on any atom is 0.417 e. The van der Waals surface area contributed by atoms with Gasteiger partial charge in [-0.05, 0) is 35.9 Å². The van der Waals surface area contributed by atoms with E-state index in [1.165, 1.54) is 12.1 Å². The average molecular weight is 457 g/mol. The number of alkyl halides is 3. The van der Waals surface area contributed by atoms with E-state index >= 15 is 0 Å². The molecule has 1 aliphatic rings. The molecule has 0 N–H and O–H groups in total. The first-order chi connectivity index (χ1) is 14.2. The van der Waals surface area contributed by atoms with Gasteiger partial charge in [-0.15, -0.1) is 0 Å². The van der Waals surface area contributed by atoms with Gasteiger partial charge in [-0.1, -0.05) is 24.3 Å². The standard InChI is InChI=1S/C19H16ClF3N4O2S/c20-18-24-15-7-3-1-5-13(15)17(25-18)26-9-11-27(12-10-26)30(28,29)16-8-4-2-6-14(16)19(21,22)23/h1-8H,9-12H2. The number of nitrogens with zero attached hydrogens (tertiary/aromatic N) is 4. The highest BCUT2D eigenvalue weighted by molar-refractivity contribution is 7.89. The van der Waals surface area contributed by atoms with Crippen LogP contribution in [0.3, 0.4) is 0 Å². The predicted molar refractivity (Wildman–Crippen MR) is 107 cm³/mol. The first kappa shape index (κ1) is 20.8.